The lowest BCUT2D eigenvalue weighted by atomic mass is 9.94. The number of pyridine rings is 1. The molecule has 1 atom stereocenters. The normalized spacial score (nSPS) is 19.0. The summed E-state index contributed by atoms with van der Waals surface area (Å²) >= 11 is 0. The van der Waals surface area contributed by atoms with Gasteiger partial charge >= 0.3 is 0 Å². The molecule has 3 aromatic rings. The van der Waals surface area contributed by atoms with Crippen molar-refractivity contribution < 1.29 is 9.21 Å². The minimum atomic E-state index is -0.142. The molecule has 1 unspecified atom stereocenters. The monoisotopic (exact) mass is 394 g/mol. The fourth-order valence-corrected chi connectivity index (χ4v) is 4.24. The van der Waals surface area contributed by atoms with Crippen LogP contribution in [-0.2, 0) is 17.9 Å². The maximum Gasteiger partial charge on any atom is 0.299 e. The van der Waals surface area contributed by atoms with Crippen LogP contribution in [0.1, 0.15) is 36.3 Å². The summed E-state index contributed by atoms with van der Waals surface area (Å²) < 4.78 is 5.84. The molecule has 1 saturated heterocycles. The van der Waals surface area contributed by atoms with Crippen LogP contribution in [0.3, 0.4) is 0 Å². The number of nitrogens with zero attached hydrogens (tertiary/aromatic N) is 5. The van der Waals surface area contributed by atoms with Gasteiger partial charge in [-0.3, -0.25) is 9.59 Å². The smallest absolute Gasteiger partial charge is 0.299 e. The Morgan fingerprint density at radius 3 is 3.10 bits per heavy atom. The molecule has 5 heterocycles. The number of nitrogens with one attached hydrogen (secondary N) is 1. The molecular weight excluding hydrogens is 372 g/mol. The van der Waals surface area contributed by atoms with Crippen LogP contribution < -0.4 is 10.5 Å². The van der Waals surface area contributed by atoms with Crippen LogP contribution in [0, 0.1) is 12.8 Å². The van der Waals surface area contributed by atoms with E-state index < -0.39 is 0 Å². The number of aromatic nitrogens is 4. The van der Waals surface area contributed by atoms with Crippen molar-refractivity contribution in [2.24, 2.45) is 5.92 Å². The zero-order valence-electron chi connectivity index (χ0n) is 16.2. The van der Waals surface area contributed by atoms with Gasteiger partial charge in [-0.05, 0) is 37.8 Å². The number of H-pyrrole nitrogens is 1. The second kappa shape index (κ2) is 6.98. The number of aryl methyl sites for hydroxylation is 1. The first-order valence-electron chi connectivity index (χ1n) is 9.90. The number of hydrogen-bond acceptors (Lipinski definition) is 7. The third-order valence-corrected chi connectivity index (χ3v) is 5.67. The molecule has 0 bridgehead atoms. The first kappa shape index (κ1) is 17.8. The molecule has 9 heteroatoms. The number of anilines is 1. The van der Waals surface area contributed by atoms with Gasteiger partial charge in [0.05, 0.1) is 24.3 Å². The van der Waals surface area contributed by atoms with Crippen molar-refractivity contribution in [2.75, 3.05) is 18.0 Å². The quantitative estimate of drug-likeness (QED) is 0.721. The average Bonchev–Trinajstić information content (AvgIpc) is 3.32. The van der Waals surface area contributed by atoms with E-state index in [9.17, 15) is 9.59 Å². The Morgan fingerprint density at radius 2 is 2.24 bits per heavy atom. The standard InChI is InChI=1S/C20H22N6O3/c1-12-22-15-11-26(10-14(15)19(28)23-12)17(27)8-13-4-3-7-25(9-13)20-24-18-16(29-20)5-2-6-21-18/h2,5-6,13H,3-4,7-11H2,1H3,(H,22,23,28). The van der Waals surface area contributed by atoms with Crippen LogP contribution in [0.25, 0.3) is 11.2 Å². The van der Waals surface area contributed by atoms with Gasteiger partial charge in [-0.1, -0.05) is 0 Å². The summed E-state index contributed by atoms with van der Waals surface area (Å²) in [5.74, 6) is 0.862. The third-order valence-electron chi connectivity index (χ3n) is 5.67. The van der Waals surface area contributed by atoms with Crippen LogP contribution in [0.2, 0.25) is 0 Å². The Morgan fingerprint density at radius 1 is 1.34 bits per heavy atom. The zero-order chi connectivity index (χ0) is 20.0. The van der Waals surface area contributed by atoms with Gasteiger partial charge in [0, 0.05) is 25.7 Å². The molecule has 29 heavy (non-hydrogen) atoms. The molecule has 0 aliphatic carbocycles. The van der Waals surface area contributed by atoms with Crippen LogP contribution in [0.4, 0.5) is 6.01 Å². The van der Waals surface area contributed by atoms with Gasteiger partial charge in [-0.2, -0.15) is 4.98 Å². The van der Waals surface area contributed by atoms with Gasteiger partial charge in [0.1, 0.15) is 5.82 Å². The lowest BCUT2D eigenvalue weighted by Gasteiger charge is -2.32. The molecular formula is C20H22N6O3. The number of carbonyl (C=O) groups is 1. The SMILES string of the molecule is Cc1nc2c(c(=O)[nH]1)CN(C(=O)CC1CCCN(c3nc4ncccc4o3)C1)C2. The highest BCUT2D eigenvalue weighted by Gasteiger charge is 2.31. The van der Waals surface area contributed by atoms with Crippen molar-refractivity contribution in [1.29, 1.82) is 0 Å². The Labute approximate surface area is 166 Å². The molecule has 9 nitrogen and oxygen atoms in total. The zero-order valence-corrected chi connectivity index (χ0v) is 16.2. The topological polar surface area (TPSA) is 108 Å². The highest BCUT2D eigenvalue weighted by Crippen LogP contribution is 2.28. The van der Waals surface area contributed by atoms with E-state index in [-0.39, 0.29) is 17.4 Å². The molecule has 2 aliphatic rings. The average molecular weight is 394 g/mol. The molecule has 0 radical (unpaired) electrons. The Bertz CT molecular complexity index is 1100. The summed E-state index contributed by atoms with van der Waals surface area (Å²) in [6.07, 6.45) is 4.10. The highest BCUT2D eigenvalue weighted by atomic mass is 16.4. The number of amides is 1. The molecule has 1 fully saturated rings. The molecule has 0 spiro atoms. The van der Waals surface area contributed by atoms with Crippen molar-refractivity contribution in [3.05, 3.63) is 45.8 Å². The molecule has 0 aromatic carbocycles. The first-order valence-corrected chi connectivity index (χ1v) is 9.90. The van der Waals surface area contributed by atoms with Crippen molar-refractivity contribution in [1.82, 2.24) is 24.8 Å². The first-order chi connectivity index (χ1) is 14.1. The number of oxazole rings is 1. The Hall–Kier alpha value is -3.23. The number of carbonyl (C=O) groups excluding carboxylic acids is 1. The molecule has 150 valence electrons. The maximum absolute atomic E-state index is 12.9. The summed E-state index contributed by atoms with van der Waals surface area (Å²) in [7, 11) is 0. The van der Waals surface area contributed by atoms with E-state index in [0.29, 0.717) is 53.8 Å². The van der Waals surface area contributed by atoms with Crippen molar-refractivity contribution in [2.45, 2.75) is 39.3 Å². The Kier molecular flexibility index (Phi) is 4.30. The van der Waals surface area contributed by atoms with E-state index in [1.807, 2.05) is 12.1 Å². The molecule has 1 amide bonds. The van der Waals surface area contributed by atoms with Crippen LogP contribution >= 0.6 is 0 Å². The fraction of sp³-hybridized carbons (Fsp3) is 0.450. The largest absolute Gasteiger partial charge is 0.422 e. The van der Waals surface area contributed by atoms with Gasteiger partial charge in [-0.15, -0.1) is 0 Å². The van der Waals surface area contributed by atoms with Crippen LogP contribution in [0.15, 0.2) is 27.5 Å². The number of fused-ring (bicyclic) bond motifs is 2. The summed E-state index contributed by atoms with van der Waals surface area (Å²) in [5, 5.41) is 0. The molecule has 1 N–H and O–H groups in total. The number of hydrogen-bond donors (Lipinski definition) is 1. The summed E-state index contributed by atoms with van der Waals surface area (Å²) in [5.41, 5.74) is 2.44. The highest BCUT2D eigenvalue weighted by molar-refractivity contribution is 5.77. The predicted molar refractivity (Wildman–Crippen MR) is 105 cm³/mol. The van der Waals surface area contributed by atoms with E-state index in [2.05, 4.69) is 24.8 Å². The lowest BCUT2D eigenvalue weighted by Crippen LogP contribution is -2.38. The van der Waals surface area contributed by atoms with Crippen molar-refractivity contribution in [3.8, 4) is 0 Å². The number of piperidine rings is 1. The van der Waals surface area contributed by atoms with Crippen LogP contribution in [0.5, 0.6) is 0 Å². The van der Waals surface area contributed by atoms with E-state index in [1.165, 1.54) is 0 Å². The van der Waals surface area contributed by atoms with E-state index in [4.69, 9.17) is 4.42 Å². The van der Waals surface area contributed by atoms with Gasteiger partial charge in [-0.25, -0.2) is 9.97 Å². The van der Waals surface area contributed by atoms with Gasteiger partial charge < -0.3 is 19.2 Å². The minimum Gasteiger partial charge on any atom is -0.422 e. The second-order valence-corrected chi connectivity index (χ2v) is 7.81. The summed E-state index contributed by atoms with van der Waals surface area (Å²) in [6, 6.07) is 4.24. The third kappa shape index (κ3) is 3.37. The van der Waals surface area contributed by atoms with E-state index in [1.54, 1.807) is 18.0 Å². The van der Waals surface area contributed by atoms with Gasteiger partial charge in [0.2, 0.25) is 11.6 Å². The summed E-state index contributed by atoms with van der Waals surface area (Å²) in [6.45, 7) is 4.07. The number of aromatic amines is 1. The van der Waals surface area contributed by atoms with Crippen molar-refractivity contribution in [3.63, 3.8) is 0 Å². The van der Waals surface area contributed by atoms with Crippen molar-refractivity contribution >= 4 is 23.2 Å². The number of rotatable bonds is 3. The van der Waals surface area contributed by atoms with E-state index >= 15 is 0 Å². The predicted octanol–water partition coefficient (Wildman–Crippen LogP) is 1.76. The lowest BCUT2D eigenvalue weighted by molar-refractivity contribution is -0.132. The second-order valence-electron chi connectivity index (χ2n) is 7.81. The minimum absolute atomic E-state index is 0.0612. The molecule has 3 aromatic heterocycles. The fourth-order valence-electron chi connectivity index (χ4n) is 4.24. The van der Waals surface area contributed by atoms with Crippen LogP contribution in [-0.4, -0.2) is 43.8 Å². The maximum atomic E-state index is 12.9. The molecule has 5 rings (SSSR count). The Balaban J connectivity index is 1.25. The molecule has 0 saturated carbocycles. The molecule has 2 aliphatic heterocycles. The summed E-state index contributed by atoms with van der Waals surface area (Å²) in [4.78, 5) is 44.6. The van der Waals surface area contributed by atoms with Gasteiger partial charge in [0.15, 0.2) is 5.58 Å². The van der Waals surface area contributed by atoms with Gasteiger partial charge in [0.25, 0.3) is 11.6 Å². The van der Waals surface area contributed by atoms with E-state index in [0.717, 1.165) is 25.9 Å².